The summed E-state index contributed by atoms with van der Waals surface area (Å²) >= 11 is 0. The highest BCUT2D eigenvalue weighted by atomic mass is 16.1. The molecule has 0 amide bonds. The molecule has 13 heavy (non-hydrogen) atoms. The number of Topliss-reactive ketones (excluding diaryl/α,β-unsaturated/α-hetero) is 1. The molecule has 0 N–H and O–H groups in total. The van der Waals surface area contributed by atoms with Gasteiger partial charge in [0.1, 0.15) is 0 Å². The van der Waals surface area contributed by atoms with Crippen LogP contribution in [0.3, 0.4) is 0 Å². The Morgan fingerprint density at radius 1 is 1.15 bits per heavy atom. The molecule has 0 aromatic rings. The number of allylic oxidation sites excluding steroid dienone is 4. The lowest BCUT2D eigenvalue weighted by atomic mass is 9.88. The van der Waals surface area contributed by atoms with Gasteiger partial charge in [0.05, 0.1) is 0 Å². The van der Waals surface area contributed by atoms with E-state index in [-0.39, 0.29) is 0 Å². The molecule has 0 aromatic carbocycles. The van der Waals surface area contributed by atoms with Crippen LogP contribution in [-0.2, 0) is 4.79 Å². The Morgan fingerprint density at radius 2 is 2.00 bits per heavy atom. The van der Waals surface area contributed by atoms with Crippen molar-refractivity contribution in [2.24, 2.45) is 0 Å². The van der Waals surface area contributed by atoms with Gasteiger partial charge in [-0.2, -0.15) is 0 Å². The molecular formula is C12H12O. The molecule has 1 saturated carbocycles. The van der Waals surface area contributed by atoms with Gasteiger partial charge in [-0.05, 0) is 49.0 Å². The van der Waals surface area contributed by atoms with E-state index in [9.17, 15) is 4.79 Å². The Hall–Kier alpha value is -1.29. The first-order chi connectivity index (χ1) is 6.38. The van der Waals surface area contributed by atoms with Gasteiger partial charge in [0.25, 0.3) is 0 Å². The van der Waals surface area contributed by atoms with Gasteiger partial charge < -0.3 is 0 Å². The van der Waals surface area contributed by atoms with E-state index in [0.717, 1.165) is 43.3 Å². The second kappa shape index (κ2) is 3.62. The monoisotopic (exact) mass is 172 g/mol. The van der Waals surface area contributed by atoms with Gasteiger partial charge in [-0.25, -0.2) is 0 Å². The van der Waals surface area contributed by atoms with E-state index in [0.29, 0.717) is 5.78 Å². The minimum atomic E-state index is 0.342. The molecule has 1 heteroatoms. The summed E-state index contributed by atoms with van der Waals surface area (Å²) in [5.74, 6) is 0.342. The summed E-state index contributed by atoms with van der Waals surface area (Å²) in [6.07, 6.45) is 8.61. The Bertz CT molecular complexity index is 359. The Kier molecular flexibility index (Phi) is 2.31. The number of carbonyl (C=O) groups excluding carboxylic acids is 1. The number of ketones is 1. The molecule has 2 aliphatic rings. The number of rotatable bonds is 0. The van der Waals surface area contributed by atoms with Crippen molar-refractivity contribution in [1.29, 1.82) is 0 Å². The van der Waals surface area contributed by atoms with Crippen molar-refractivity contribution >= 4 is 5.78 Å². The average Bonchev–Trinajstić information content (AvgIpc) is 2.20. The summed E-state index contributed by atoms with van der Waals surface area (Å²) in [7, 11) is 0. The molecular weight excluding hydrogens is 160 g/mol. The van der Waals surface area contributed by atoms with Crippen molar-refractivity contribution in [2.45, 2.75) is 32.1 Å². The quantitative estimate of drug-likeness (QED) is 0.405. The Morgan fingerprint density at radius 3 is 2.69 bits per heavy atom. The van der Waals surface area contributed by atoms with Crippen LogP contribution in [0, 0.1) is 0 Å². The van der Waals surface area contributed by atoms with Gasteiger partial charge in [0.15, 0.2) is 5.78 Å². The molecule has 0 heterocycles. The molecule has 66 valence electrons. The fourth-order valence-electron chi connectivity index (χ4n) is 1.84. The molecule has 0 saturated heterocycles. The fraction of sp³-hybridized carbons (Fsp3) is 0.417. The topological polar surface area (TPSA) is 17.1 Å². The summed E-state index contributed by atoms with van der Waals surface area (Å²) in [4.78, 5) is 11.6. The normalized spacial score (nSPS) is 26.9. The lowest BCUT2D eigenvalue weighted by molar-refractivity contribution is -0.116. The molecule has 0 aromatic heterocycles. The van der Waals surface area contributed by atoms with Crippen molar-refractivity contribution in [3.8, 4) is 0 Å². The van der Waals surface area contributed by atoms with Crippen molar-refractivity contribution in [3.05, 3.63) is 34.8 Å². The standard InChI is InChI=1S/C12H12O/c13-12-9-5-4-8-11(12)10-6-2-1-3-7-10/h2,7H,4-6,8-9H2/b11-10+. The van der Waals surface area contributed by atoms with E-state index in [4.69, 9.17) is 0 Å². The zero-order valence-electron chi connectivity index (χ0n) is 7.60. The van der Waals surface area contributed by atoms with Crippen LogP contribution < -0.4 is 0 Å². The Labute approximate surface area is 78.1 Å². The SMILES string of the molecule is O=C1CCCC/C1=C1\C=C=C=CC1. The lowest BCUT2D eigenvalue weighted by Gasteiger charge is -2.15. The molecule has 0 radical (unpaired) electrons. The highest BCUT2D eigenvalue weighted by molar-refractivity contribution is 5.97. The van der Waals surface area contributed by atoms with Crippen LogP contribution in [0.1, 0.15) is 32.1 Å². The van der Waals surface area contributed by atoms with E-state index in [2.05, 4.69) is 11.5 Å². The van der Waals surface area contributed by atoms with Crippen LogP contribution in [0.4, 0.5) is 0 Å². The van der Waals surface area contributed by atoms with Crippen LogP contribution in [0.2, 0.25) is 0 Å². The predicted molar refractivity (Wildman–Crippen MR) is 51.3 cm³/mol. The minimum absolute atomic E-state index is 0.342. The van der Waals surface area contributed by atoms with Crippen molar-refractivity contribution in [3.63, 3.8) is 0 Å². The predicted octanol–water partition coefficient (Wildman–Crippen LogP) is 2.70. The van der Waals surface area contributed by atoms with Gasteiger partial charge in [0.2, 0.25) is 0 Å². The van der Waals surface area contributed by atoms with Crippen LogP contribution in [0.25, 0.3) is 0 Å². The third-order valence-corrected chi connectivity index (χ3v) is 2.56. The van der Waals surface area contributed by atoms with E-state index in [1.165, 1.54) is 0 Å². The third-order valence-electron chi connectivity index (χ3n) is 2.56. The second-order valence-electron chi connectivity index (χ2n) is 3.48. The second-order valence-corrected chi connectivity index (χ2v) is 3.48. The third kappa shape index (κ3) is 1.72. The number of hydrogen-bond acceptors (Lipinski definition) is 1. The molecule has 0 aliphatic heterocycles. The molecule has 2 rings (SSSR count). The van der Waals surface area contributed by atoms with Crippen molar-refractivity contribution < 1.29 is 4.79 Å². The van der Waals surface area contributed by atoms with Gasteiger partial charge in [-0.15, -0.1) is 0 Å². The number of carbonyl (C=O) groups is 1. The summed E-state index contributed by atoms with van der Waals surface area (Å²) < 4.78 is 0. The van der Waals surface area contributed by atoms with Crippen LogP contribution >= 0.6 is 0 Å². The molecule has 1 fully saturated rings. The minimum Gasteiger partial charge on any atom is -0.295 e. The largest absolute Gasteiger partial charge is 0.295 e. The van der Waals surface area contributed by atoms with E-state index in [1.807, 2.05) is 12.2 Å². The van der Waals surface area contributed by atoms with Gasteiger partial charge in [-0.3, -0.25) is 4.79 Å². The molecule has 0 spiro atoms. The fourth-order valence-corrected chi connectivity index (χ4v) is 1.84. The number of hydrogen-bond donors (Lipinski definition) is 0. The summed E-state index contributed by atoms with van der Waals surface area (Å²) in [5.41, 5.74) is 8.00. The summed E-state index contributed by atoms with van der Waals surface area (Å²) in [6, 6.07) is 0. The maximum Gasteiger partial charge on any atom is 0.159 e. The van der Waals surface area contributed by atoms with Gasteiger partial charge in [-0.1, -0.05) is 11.5 Å². The summed E-state index contributed by atoms with van der Waals surface area (Å²) in [5, 5.41) is 0. The molecule has 2 aliphatic carbocycles. The van der Waals surface area contributed by atoms with Crippen LogP contribution in [0.15, 0.2) is 34.8 Å². The first-order valence-corrected chi connectivity index (χ1v) is 4.79. The van der Waals surface area contributed by atoms with Gasteiger partial charge in [0, 0.05) is 6.42 Å². The molecule has 0 bridgehead atoms. The van der Waals surface area contributed by atoms with Crippen molar-refractivity contribution in [2.75, 3.05) is 0 Å². The van der Waals surface area contributed by atoms with Crippen LogP contribution in [-0.4, -0.2) is 5.78 Å². The molecule has 1 nitrogen and oxygen atoms in total. The molecule has 0 unspecified atom stereocenters. The highest BCUT2D eigenvalue weighted by Crippen LogP contribution is 2.25. The van der Waals surface area contributed by atoms with Crippen molar-refractivity contribution in [1.82, 2.24) is 0 Å². The summed E-state index contributed by atoms with van der Waals surface area (Å²) in [6.45, 7) is 0. The zero-order chi connectivity index (χ0) is 9.10. The van der Waals surface area contributed by atoms with E-state index >= 15 is 0 Å². The smallest absolute Gasteiger partial charge is 0.159 e. The van der Waals surface area contributed by atoms with Crippen LogP contribution in [0.5, 0.6) is 0 Å². The zero-order valence-corrected chi connectivity index (χ0v) is 7.60. The first-order valence-electron chi connectivity index (χ1n) is 4.79. The van der Waals surface area contributed by atoms with E-state index in [1.54, 1.807) is 0 Å². The molecule has 0 atom stereocenters. The average molecular weight is 172 g/mol. The maximum absolute atomic E-state index is 11.6. The van der Waals surface area contributed by atoms with E-state index < -0.39 is 0 Å². The van der Waals surface area contributed by atoms with Gasteiger partial charge >= 0.3 is 0 Å². The lowest BCUT2D eigenvalue weighted by Crippen LogP contribution is -2.10. The highest BCUT2D eigenvalue weighted by Gasteiger charge is 2.17. The Balaban J connectivity index is 2.32. The maximum atomic E-state index is 11.6. The first kappa shape index (κ1) is 8.31.